The Morgan fingerprint density at radius 2 is 1.69 bits per heavy atom. The molecule has 2 aromatic rings. The lowest BCUT2D eigenvalue weighted by Gasteiger charge is -2.21. The highest BCUT2D eigenvalue weighted by Gasteiger charge is 2.25. The number of carbonyl (C=O) groups excluding carboxylic acids is 1. The molecule has 140 valence electrons. The number of hydrogen-bond acceptors (Lipinski definition) is 3. The molecule has 0 aliphatic rings. The molecule has 2 rings (SSSR count). The number of hydrogen-bond donors (Lipinski definition) is 2. The van der Waals surface area contributed by atoms with E-state index in [0.29, 0.717) is 5.69 Å². The Hall–Kier alpha value is -1.89. The summed E-state index contributed by atoms with van der Waals surface area (Å²) in [7, 11) is -3.85. The number of carbonyl (C=O) groups is 1. The molecule has 0 atom stereocenters. The topological polar surface area (TPSA) is 75.3 Å². The number of aryl methyl sites for hydroxylation is 1. The quantitative estimate of drug-likeness (QED) is 0.796. The highest BCUT2D eigenvalue weighted by Crippen LogP contribution is 2.24. The summed E-state index contributed by atoms with van der Waals surface area (Å²) < 4.78 is 27.6. The molecular weight excluding hydrogens is 372 g/mol. The van der Waals surface area contributed by atoms with E-state index in [-0.39, 0.29) is 15.5 Å². The molecule has 2 aromatic carbocycles. The van der Waals surface area contributed by atoms with Crippen LogP contribution < -0.4 is 10.0 Å². The summed E-state index contributed by atoms with van der Waals surface area (Å²) in [5.41, 5.74) is 1.35. The smallest absolute Gasteiger partial charge is 0.255 e. The third-order valence-electron chi connectivity index (χ3n) is 3.54. The maximum atomic E-state index is 12.5. The second kappa shape index (κ2) is 7.78. The van der Waals surface area contributed by atoms with Gasteiger partial charge in [0.1, 0.15) is 4.90 Å². The van der Waals surface area contributed by atoms with Crippen LogP contribution in [-0.2, 0) is 16.4 Å². The number of anilines is 1. The zero-order valence-electron chi connectivity index (χ0n) is 15.3. The third kappa shape index (κ3) is 5.30. The highest BCUT2D eigenvalue weighted by molar-refractivity contribution is 7.89. The van der Waals surface area contributed by atoms with Gasteiger partial charge in [-0.2, -0.15) is 0 Å². The number of rotatable bonds is 5. The Kier molecular flexibility index (Phi) is 6.11. The first-order chi connectivity index (χ1) is 12.0. The molecular formula is C19H23ClN2O3S. The summed E-state index contributed by atoms with van der Waals surface area (Å²) in [4.78, 5) is 12.4. The van der Waals surface area contributed by atoms with Crippen LogP contribution in [-0.4, -0.2) is 19.9 Å². The fourth-order valence-corrected chi connectivity index (χ4v) is 4.28. The van der Waals surface area contributed by atoms with Crippen molar-refractivity contribution < 1.29 is 13.2 Å². The molecule has 0 fully saturated rings. The Morgan fingerprint density at radius 3 is 2.23 bits per heavy atom. The molecule has 1 amide bonds. The van der Waals surface area contributed by atoms with Crippen LogP contribution in [0.25, 0.3) is 0 Å². The van der Waals surface area contributed by atoms with E-state index in [9.17, 15) is 13.2 Å². The lowest BCUT2D eigenvalue weighted by molar-refractivity contribution is 0.102. The van der Waals surface area contributed by atoms with Crippen molar-refractivity contribution in [2.45, 2.75) is 44.6 Å². The molecule has 7 heteroatoms. The van der Waals surface area contributed by atoms with Gasteiger partial charge >= 0.3 is 0 Å². The number of halogens is 1. The van der Waals surface area contributed by atoms with Crippen LogP contribution in [0.1, 0.15) is 43.6 Å². The summed E-state index contributed by atoms with van der Waals surface area (Å²) >= 11 is 6.06. The molecule has 0 heterocycles. The van der Waals surface area contributed by atoms with Crippen molar-refractivity contribution in [2.24, 2.45) is 0 Å². The van der Waals surface area contributed by atoms with E-state index in [1.165, 1.54) is 18.2 Å². The average Bonchev–Trinajstić information content (AvgIpc) is 2.53. The van der Waals surface area contributed by atoms with Gasteiger partial charge in [-0.05, 0) is 63.1 Å². The zero-order chi connectivity index (χ0) is 19.5. The summed E-state index contributed by atoms with van der Waals surface area (Å²) in [6.45, 7) is 7.24. The van der Waals surface area contributed by atoms with Gasteiger partial charge in [-0.25, -0.2) is 13.1 Å². The van der Waals surface area contributed by atoms with Crippen LogP contribution in [0, 0.1) is 0 Å². The average molecular weight is 395 g/mol. The second-order valence-electron chi connectivity index (χ2n) is 7.01. The van der Waals surface area contributed by atoms with Crippen molar-refractivity contribution in [2.75, 3.05) is 5.32 Å². The van der Waals surface area contributed by atoms with Gasteiger partial charge in [-0.1, -0.05) is 30.7 Å². The predicted octanol–water partition coefficient (Wildman–Crippen LogP) is 4.23. The van der Waals surface area contributed by atoms with Crippen molar-refractivity contribution in [1.29, 1.82) is 0 Å². The summed E-state index contributed by atoms with van der Waals surface area (Å²) in [5.74, 6) is -0.405. The molecule has 0 aromatic heterocycles. The monoisotopic (exact) mass is 394 g/mol. The minimum absolute atomic E-state index is 0.0607. The van der Waals surface area contributed by atoms with E-state index in [1.807, 2.05) is 24.3 Å². The van der Waals surface area contributed by atoms with Crippen molar-refractivity contribution in [1.82, 2.24) is 4.72 Å². The van der Waals surface area contributed by atoms with Crippen LogP contribution in [0.2, 0.25) is 5.02 Å². The molecule has 5 nitrogen and oxygen atoms in total. The molecule has 0 radical (unpaired) electrons. The van der Waals surface area contributed by atoms with Crippen molar-refractivity contribution in [3.05, 3.63) is 58.6 Å². The maximum absolute atomic E-state index is 12.5. The number of amides is 1. The van der Waals surface area contributed by atoms with E-state index < -0.39 is 21.5 Å². The van der Waals surface area contributed by atoms with Gasteiger partial charge < -0.3 is 5.32 Å². The van der Waals surface area contributed by atoms with Gasteiger partial charge in [-0.3, -0.25) is 4.79 Å². The molecule has 0 aliphatic carbocycles. The van der Waals surface area contributed by atoms with Gasteiger partial charge in [0.05, 0.1) is 5.02 Å². The fourth-order valence-electron chi connectivity index (χ4n) is 2.34. The molecule has 0 saturated heterocycles. The third-order valence-corrected chi connectivity index (χ3v) is 5.78. The lowest BCUT2D eigenvalue weighted by Crippen LogP contribution is -2.40. The second-order valence-corrected chi connectivity index (χ2v) is 9.06. The van der Waals surface area contributed by atoms with E-state index in [0.717, 1.165) is 12.0 Å². The van der Waals surface area contributed by atoms with Crippen LogP contribution in [0.15, 0.2) is 47.4 Å². The summed E-state index contributed by atoms with van der Waals surface area (Å²) in [5, 5.41) is 2.82. The first-order valence-corrected chi connectivity index (χ1v) is 10.1. The summed E-state index contributed by atoms with van der Waals surface area (Å²) in [6, 6.07) is 11.7. The fraction of sp³-hybridized carbons (Fsp3) is 0.316. The minimum Gasteiger partial charge on any atom is -0.322 e. The van der Waals surface area contributed by atoms with Crippen molar-refractivity contribution in [3.8, 4) is 0 Å². The number of benzene rings is 2. The van der Waals surface area contributed by atoms with Crippen LogP contribution in [0.5, 0.6) is 0 Å². The van der Waals surface area contributed by atoms with Gasteiger partial charge in [0.25, 0.3) is 5.91 Å². The Morgan fingerprint density at radius 1 is 1.08 bits per heavy atom. The first-order valence-electron chi connectivity index (χ1n) is 8.25. The standard InChI is InChI=1S/C19H23ClN2O3S/c1-5-13-6-9-15(10-7-13)21-18(23)14-8-11-16(20)17(12-14)26(24,25)22-19(2,3)4/h6-12,22H,5H2,1-4H3,(H,21,23). The molecule has 0 aliphatic heterocycles. The summed E-state index contributed by atoms with van der Waals surface area (Å²) in [6.07, 6.45) is 0.910. The predicted molar refractivity (Wildman–Crippen MR) is 105 cm³/mol. The molecule has 26 heavy (non-hydrogen) atoms. The molecule has 0 saturated carbocycles. The molecule has 0 unspecified atom stereocenters. The highest BCUT2D eigenvalue weighted by atomic mass is 35.5. The normalized spacial score (nSPS) is 12.0. The minimum atomic E-state index is -3.85. The van der Waals surface area contributed by atoms with Crippen LogP contribution in [0.4, 0.5) is 5.69 Å². The molecule has 0 spiro atoms. The first kappa shape index (κ1) is 20.4. The number of sulfonamides is 1. The number of nitrogens with one attached hydrogen (secondary N) is 2. The van der Waals surface area contributed by atoms with E-state index in [4.69, 9.17) is 11.6 Å². The Bertz CT molecular complexity index is 901. The lowest BCUT2D eigenvalue weighted by atomic mass is 10.1. The SMILES string of the molecule is CCc1ccc(NC(=O)c2ccc(Cl)c(S(=O)(=O)NC(C)(C)C)c2)cc1. The van der Waals surface area contributed by atoms with Crippen molar-refractivity contribution in [3.63, 3.8) is 0 Å². The van der Waals surface area contributed by atoms with E-state index in [1.54, 1.807) is 20.8 Å². The van der Waals surface area contributed by atoms with Gasteiger partial charge in [0, 0.05) is 16.8 Å². The van der Waals surface area contributed by atoms with E-state index in [2.05, 4.69) is 17.0 Å². The zero-order valence-corrected chi connectivity index (χ0v) is 16.8. The molecule has 2 N–H and O–H groups in total. The Labute approximate surface area is 159 Å². The van der Waals surface area contributed by atoms with Gasteiger partial charge in [-0.15, -0.1) is 0 Å². The van der Waals surface area contributed by atoms with Crippen molar-refractivity contribution >= 4 is 33.2 Å². The maximum Gasteiger partial charge on any atom is 0.255 e. The van der Waals surface area contributed by atoms with Gasteiger partial charge in [0.15, 0.2) is 0 Å². The van der Waals surface area contributed by atoms with Gasteiger partial charge in [0.2, 0.25) is 10.0 Å². The van der Waals surface area contributed by atoms with Crippen LogP contribution >= 0.6 is 11.6 Å². The van der Waals surface area contributed by atoms with E-state index >= 15 is 0 Å². The Balaban J connectivity index is 2.29. The largest absolute Gasteiger partial charge is 0.322 e. The van der Waals surface area contributed by atoms with Crippen LogP contribution in [0.3, 0.4) is 0 Å². The molecule has 0 bridgehead atoms.